The van der Waals surface area contributed by atoms with Crippen LogP contribution in [-0.4, -0.2) is 17.2 Å². The van der Waals surface area contributed by atoms with Crippen LogP contribution in [0.2, 0.25) is 5.02 Å². The van der Waals surface area contributed by atoms with Crippen LogP contribution in [-0.2, 0) is 0 Å². The molecule has 0 saturated heterocycles. The van der Waals surface area contributed by atoms with Crippen molar-refractivity contribution in [2.75, 3.05) is 7.11 Å². The minimum absolute atomic E-state index is 0.145. The molecule has 2 unspecified atom stereocenters. The van der Waals surface area contributed by atoms with E-state index in [1.807, 2.05) is 25.1 Å². The first-order valence-electron chi connectivity index (χ1n) is 6.06. The monoisotopic (exact) mass is 277 g/mol. The third-order valence-corrected chi connectivity index (χ3v) is 3.37. The summed E-state index contributed by atoms with van der Waals surface area (Å²) in [6.07, 6.45) is 0.997. The summed E-state index contributed by atoms with van der Waals surface area (Å²) in [5.74, 6) is 0.480. The molecule has 1 aromatic carbocycles. The van der Waals surface area contributed by atoms with E-state index in [2.05, 4.69) is 4.98 Å². The predicted molar refractivity (Wildman–Crippen MR) is 75.6 cm³/mol. The number of aliphatic hydroxyl groups excluding tert-OH is 1. The molecule has 100 valence electrons. The Balaban J connectivity index is 2.33. The van der Waals surface area contributed by atoms with Crippen LogP contribution in [0, 0.1) is 0 Å². The van der Waals surface area contributed by atoms with Crippen molar-refractivity contribution in [1.29, 1.82) is 0 Å². The normalized spacial score (nSPS) is 13.9. The van der Waals surface area contributed by atoms with E-state index >= 15 is 0 Å². The molecule has 0 bridgehead atoms. The Kier molecular flexibility index (Phi) is 4.40. The van der Waals surface area contributed by atoms with Crippen LogP contribution in [0.15, 0.2) is 42.6 Å². The predicted octanol–water partition coefficient (Wildman–Crippen LogP) is 3.58. The van der Waals surface area contributed by atoms with Crippen molar-refractivity contribution in [3.05, 3.63) is 58.9 Å². The topological polar surface area (TPSA) is 42.4 Å². The molecule has 0 amide bonds. The van der Waals surface area contributed by atoms with Gasteiger partial charge >= 0.3 is 0 Å². The zero-order valence-corrected chi connectivity index (χ0v) is 11.6. The van der Waals surface area contributed by atoms with Gasteiger partial charge in [-0.05, 0) is 30.3 Å². The standard InChI is InChI=1S/C15H16ClNO2/c1-10(13-5-3-4-8-17-13)15(18)12-9-11(16)6-7-14(12)19-2/h3-10,15,18H,1-2H3. The summed E-state index contributed by atoms with van der Waals surface area (Å²) < 4.78 is 5.27. The summed E-state index contributed by atoms with van der Waals surface area (Å²) >= 11 is 5.99. The van der Waals surface area contributed by atoms with Gasteiger partial charge in [0.05, 0.1) is 13.2 Å². The molecule has 2 atom stereocenters. The highest BCUT2D eigenvalue weighted by atomic mass is 35.5. The lowest BCUT2D eigenvalue weighted by Crippen LogP contribution is -2.10. The maximum Gasteiger partial charge on any atom is 0.124 e. The van der Waals surface area contributed by atoms with Gasteiger partial charge in [0.1, 0.15) is 5.75 Å². The van der Waals surface area contributed by atoms with Gasteiger partial charge in [-0.15, -0.1) is 0 Å². The number of aliphatic hydroxyl groups is 1. The van der Waals surface area contributed by atoms with Crippen LogP contribution < -0.4 is 4.74 Å². The number of benzene rings is 1. The Morgan fingerprint density at radius 2 is 2.05 bits per heavy atom. The fourth-order valence-electron chi connectivity index (χ4n) is 2.01. The van der Waals surface area contributed by atoms with Crippen LogP contribution in [0.3, 0.4) is 0 Å². The Bertz CT molecular complexity index is 545. The van der Waals surface area contributed by atoms with Crippen molar-refractivity contribution in [3.63, 3.8) is 0 Å². The van der Waals surface area contributed by atoms with Crippen molar-refractivity contribution >= 4 is 11.6 Å². The average Bonchev–Trinajstić information content (AvgIpc) is 2.46. The second-order valence-corrected chi connectivity index (χ2v) is 4.81. The molecule has 0 aliphatic carbocycles. The molecular weight excluding hydrogens is 262 g/mol. The van der Waals surface area contributed by atoms with E-state index in [0.29, 0.717) is 16.3 Å². The lowest BCUT2D eigenvalue weighted by Gasteiger charge is -2.21. The van der Waals surface area contributed by atoms with Crippen LogP contribution in [0.4, 0.5) is 0 Å². The maximum atomic E-state index is 10.5. The highest BCUT2D eigenvalue weighted by molar-refractivity contribution is 6.30. The van der Waals surface area contributed by atoms with Gasteiger partial charge in [-0.3, -0.25) is 4.98 Å². The largest absolute Gasteiger partial charge is 0.496 e. The third-order valence-electron chi connectivity index (χ3n) is 3.14. The van der Waals surface area contributed by atoms with Gasteiger partial charge in [0.15, 0.2) is 0 Å². The Morgan fingerprint density at radius 3 is 2.68 bits per heavy atom. The van der Waals surface area contributed by atoms with Gasteiger partial charge in [-0.1, -0.05) is 24.6 Å². The highest BCUT2D eigenvalue weighted by Gasteiger charge is 2.22. The summed E-state index contributed by atoms with van der Waals surface area (Å²) in [5.41, 5.74) is 1.50. The van der Waals surface area contributed by atoms with E-state index < -0.39 is 6.10 Å². The number of hydrogen-bond acceptors (Lipinski definition) is 3. The van der Waals surface area contributed by atoms with Crippen LogP contribution >= 0.6 is 11.6 Å². The number of nitrogens with zero attached hydrogens (tertiary/aromatic N) is 1. The smallest absolute Gasteiger partial charge is 0.124 e. The van der Waals surface area contributed by atoms with Gasteiger partial charge in [0.25, 0.3) is 0 Å². The average molecular weight is 278 g/mol. The molecule has 0 aliphatic rings. The first kappa shape index (κ1) is 13.8. The third kappa shape index (κ3) is 3.06. The van der Waals surface area contributed by atoms with Crippen molar-refractivity contribution in [2.45, 2.75) is 18.9 Å². The van der Waals surface area contributed by atoms with Crippen LogP contribution in [0.5, 0.6) is 5.75 Å². The number of rotatable bonds is 4. The molecule has 3 nitrogen and oxygen atoms in total. The highest BCUT2D eigenvalue weighted by Crippen LogP contribution is 2.36. The van der Waals surface area contributed by atoms with Crippen molar-refractivity contribution in [3.8, 4) is 5.75 Å². The molecule has 0 saturated carbocycles. The van der Waals surface area contributed by atoms with E-state index in [9.17, 15) is 5.11 Å². The quantitative estimate of drug-likeness (QED) is 0.929. The lowest BCUT2D eigenvalue weighted by atomic mass is 9.93. The van der Waals surface area contributed by atoms with Crippen molar-refractivity contribution < 1.29 is 9.84 Å². The van der Waals surface area contributed by atoms with E-state index in [1.54, 1.807) is 31.5 Å². The minimum Gasteiger partial charge on any atom is -0.496 e. The molecule has 0 spiro atoms. The van der Waals surface area contributed by atoms with Crippen molar-refractivity contribution in [1.82, 2.24) is 4.98 Å². The molecule has 1 heterocycles. The van der Waals surface area contributed by atoms with Gasteiger partial charge in [0.2, 0.25) is 0 Å². The zero-order chi connectivity index (χ0) is 13.8. The van der Waals surface area contributed by atoms with Gasteiger partial charge in [-0.2, -0.15) is 0 Å². The van der Waals surface area contributed by atoms with Crippen LogP contribution in [0.25, 0.3) is 0 Å². The molecule has 0 aliphatic heterocycles. The Labute approximate surface area is 117 Å². The zero-order valence-electron chi connectivity index (χ0n) is 10.9. The van der Waals surface area contributed by atoms with Crippen LogP contribution in [0.1, 0.15) is 30.2 Å². The SMILES string of the molecule is COc1ccc(Cl)cc1C(O)C(C)c1ccccn1. The molecular formula is C15H16ClNO2. The summed E-state index contributed by atoms with van der Waals surface area (Å²) in [7, 11) is 1.57. The fourth-order valence-corrected chi connectivity index (χ4v) is 2.19. The lowest BCUT2D eigenvalue weighted by molar-refractivity contribution is 0.146. The molecule has 2 aromatic rings. The van der Waals surface area contributed by atoms with Gasteiger partial charge in [-0.25, -0.2) is 0 Å². The van der Waals surface area contributed by atoms with Crippen molar-refractivity contribution in [2.24, 2.45) is 0 Å². The van der Waals surface area contributed by atoms with E-state index in [1.165, 1.54) is 0 Å². The van der Waals surface area contributed by atoms with Gasteiger partial charge < -0.3 is 9.84 Å². The molecule has 2 rings (SSSR count). The first-order valence-corrected chi connectivity index (χ1v) is 6.43. The Morgan fingerprint density at radius 1 is 1.26 bits per heavy atom. The number of hydrogen-bond donors (Lipinski definition) is 1. The molecule has 0 fully saturated rings. The number of pyridine rings is 1. The first-order chi connectivity index (χ1) is 9.13. The molecule has 0 radical (unpaired) electrons. The molecule has 19 heavy (non-hydrogen) atoms. The second kappa shape index (κ2) is 6.04. The summed E-state index contributed by atoms with van der Waals surface area (Å²) in [5, 5.41) is 11.1. The van der Waals surface area contributed by atoms with E-state index in [0.717, 1.165) is 5.69 Å². The summed E-state index contributed by atoms with van der Waals surface area (Å²) in [4.78, 5) is 4.27. The number of aromatic nitrogens is 1. The Hall–Kier alpha value is -1.58. The number of methoxy groups -OCH3 is 1. The molecule has 1 N–H and O–H groups in total. The molecule has 1 aromatic heterocycles. The van der Waals surface area contributed by atoms with Gasteiger partial charge in [0, 0.05) is 28.4 Å². The maximum absolute atomic E-state index is 10.5. The summed E-state index contributed by atoms with van der Waals surface area (Å²) in [6, 6.07) is 10.9. The summed E-state index contributed by atoms with van der Waals surface area (Å²) in [6.45, 7) is 1.92. The fraction of sp³-hybridized carbons (Fsp3) is 0.267. The minimum atomic E-state index is -0.719. The number of halogens is 1. The second-order valence-electron chi connectivity index (χ2n) is 4.37. The van der Waals surface area contributed by atoms with E-state index in [4.69, 9.17) is 16.3 Å². The number of ether oxygens (including phenoxy) is 1. The van der Waals surface area contributed by atoms with E-state index in [-0.39, 0.29) is 5.92 Å². The molecule has 4 heteroatoms.